The Balaban J connectivity index is 0. The van der Waals surface area contributed by atoms with Gasteiger partial charge in [0.15, 0.2) is 0 Å². The van der Waals surface area contributed by atoms with Gasteiger partial charge in [0.2, 0.25) is 15.9 Å². The topological polar surface area (TPSA) is 102 Å². The van der Waals surface area contributed by atoms with Crippen LogP contribution in [0, 0.1) is 5.41 Å². The van der Waals surface area contributed by atoms with Gasteiger partial charge >= 0.3 is 0 Å². The summed E-state index contributed by atoms with van der Waals surface area (Å²) in [6, 6.07) is 0. The minimum atomic E-state index is -3.48. The number of nitrogens with two attached hydrogens (primary N) is 1. The van der Waals surface area contributed by atoms with E-state index >= 15 is 0 Å². The molecule has 1 amide bonds. The fraction of sp³-hybridized carbons (Fsp3) is 0.917. The van der Waals surface area contributed by atoms with Crippen LogP contribution >= 0.6 is 12.4 Å². The van der Waals surface area contributed by atoms with Crippen molar-refractivity contribution in [3.05, 3.63) is 0 Å². The number of carbonyl (C=O) groups is 1. The monoisotopic (exact) mass is 345 g/mol. The van der Waals surface area contributed by atoms with E-state index in [1.807, 2.05) is 13.8 Å². The van der Waals surface area contributed by atoms with Crippen LogP contribution in [0.15, 0.2) is 0 Å². The van der Waals surface area contributed by atoms with Gasteiger partial charge in [-0.25, -0.2) is 13.1 Å². The number of amides is 1. The van der Waals surface area contributed by atoms with E-state index in [2.05, 4.69) is 4.72 Å². The van der Waals surface area contributed by atoms with E-state index in [0.29, 0.717) is 19.7 Å². The maximum atomic E-state index is 11.8. The van der Waals surface area contributed by atoms with Crippen molar-refractivity contribution < 1.29 is 17.9 Å². The predicted molar refractivity (Wildman–Crippen MR) is 86.0 cm³/mol. The second kappa shape index (κ2) is 10.3. The van der Waals surface area contributed by atoms with Crippen molar-refractivity contribution in [3.8, 4) is 0 Å². The second-order valence-electron chi connectivity index (χ2n) is 5.46. The van der Waals surface area contributed by atoms with Crippen LogP contribution in [0.25, 0.3) is 0 Å². The highest BCUT2D eigenvalue weighted by Gasteiger charge is 2.22. The molecule has 3 N–H and O–H groups in total. The molecule has 0 aliphatic rings. The zero-order valence-corrected chi connectivity index (χ0v) is 14.8. The highest BCUT2D eigenvalue weighted by atomic mass is 35.5. The summed E-state index contributed by atoms with van der Waals surface area (Å²) in [4.78, 5) is 13.3. The number of sulfonamides is 1. The first-order chi connectivity index (χ1) is 9.13. The van der Waals surface area contributed by atoms with Crippen molar-refractivity contribution in [2.75, 3.05) is 45.6 Å². The smallest absolute Gasteiger partial charge is 0.237 e. The molecule has 0 radical (unpaired) electrons. The number of hydrogen-bond donors (Lipinski definition) is 2. The molecule has 0 spiro atoms. The lowest BCUT2D eigenvalue weighted by Gasteiger charge is -2.29. The van der Waals surface area contributed by atoms with E-state index in [1.165, 1.54) is 4.90 Å². The molecule has 7 nitrogen and oxygen atoms in total. The molecular formula is C12H28ClN3O4S. The molecule has 21 heavy (non-hydrogen) atoms. The van der Waals surface area contributed by atoms with Gasteiger partial charge in [0.25, 0.3) is 0 Å². The summed E-state index contributed by atoms with van der Waals surface area (Å²) in [6.45, 7) is 6.95. The maximum Gasteiger partial charge on any atom is 0.237 e. The number of halogens is 1. The van der Waals surface area contributed by atoms with Crippen molar-refractivity contribution in [3.63, 3.8) is 0 Å². The molecule has 0 unspecified atom stereocenters. The third kappa shape index (κ3) is 10.9. The Morgan fingerprint density at radius 3 is 2.43 bits per heavy atom. The predicted octanol–water partition coefficient (Wildman–Crippen LogP) is -0.193. The lowest BCUT2D eigenvalue weighted by Crippen LogP contribution is -2.44. The fourth-order valence-corrected chi connectivity index (χ4v) is 2.31. The van der Waals surface area contributed by atoms with Gasteiger partial charge in [-0.3, -0.25) is 4.79 Å². The van der Waals surface area contributed by atoms with Crippen LogP contribution in [0.1, 0.15) is 20.8 Å². The van der Waals surface area contributed by atoms with Crippen LogP contribution in [-0.4, -0.2) is 64.9 Å². The van der Waals surface area contributed by atoms with Crippen LogP contribution in [0.5, 0.6) is 0 Å². The van der Waals surface area contributed by atoms with E-state index in [4.69, 9.17) is 10.5 Å². The maximum absolute atomic E-state index is 11.8. The van der Waals surface area contributed by atoms with Crippen LogP contribution in [-0.2, 0) is 19.6 Å². The lowest BCUT2D eigenvalue weighted by molar-refractivity contribution is -0.129. The lowest BCUT2D eigenvalue weighted by atomic mass is 9.93. The molecule has 9 heteroatoms. The average Bonchev–Trinajstić information content (AvgIpc) is 2.35. The van der Waals surface area contributed by atoms with Gasteiger partial charge < -0.3 is 15.4 Å². The highest BCUT2D eigenvalue weighted by molar-refractivity contribution is 7.89. The number of nitrogens with zero attached hydrogens (tertiary/aromatic N) is 1. The first kappa shape index (κ1) is 22.9. The van der Waals surface area contributed by atoms with E-state index in [1.54, 1.807) is 14.0 Å². The largest absolute Gasteiger partial charge is 0.381 e. The quantitative estimate of drug-likeness (QED) is 0.534. The van der Waals surface area contributed by atoms with Gasteiger partial charge in [0.05, 0.1) is 18.9 Å². The summed E-state index contributed by atoms with van der Waals surface area (Å²) in [6.07, 6.45) is 0. The Morgan fingerprint density at radius 1 is 1.38 bits per heavy atom. The molecular weight excluding hydrogens is 318 g/mol. The number of ether oxygens (including phenoxy) is 1. The molecule has 0 bridgehead atoms. The molecule has 0 aromatic rings. The molecule has 0 aromatic carbocycles. The normalized spacial score (nSPS) is 11.9. The summed E-state index contributed by atoms with van der Waals surface area (Å²) < 4.78 is 30.4. The first-order valence-corrected chi connectivity index (χ1v) is 8.28. The fourth-order valence-electron chi connectivity index (χ4n) is 1.49. The number of rotatable bonds is 10. The van der Waals surface area contributed by atoms with Gasteiger partial charge in [0, 0.05) is 20.2 Å². The minimum Gasteiger partial charge on any atom is -0.381 e. The Hall–Kier alpha value is -0.410. The minimum absolute atomic E-state index is 0. The summed E-state index contributed by atoms with van der Waals surface area (Å²) in [5.41, 5.74) is 5.41. The molecule has 0 atom stereocenters. The van der Waals surface area contributed by atoms with Gasteiger partial charge in [-0.2, -0.15) is 0 Å². The number of nitrogens with one attached hydrogen (secondary N) is 1. The zero-order chi connectivity index (χ0) is 15.8. The molecule has 0 heterocycles. The van der Waals surface area contributed by atoms with E-state index in [9.17, 15) is 13.2 Å². The highest BCUT2D eigenvalue weighted by Crippen LogP contribution is 2.13. The second-order valence-corrected chi connectivity index (χ2v) is 7.38. The number of likely N-dealkylation sites (N-methyl/N-ethyl adjacent to an activating group) is 1. The summed E-state index contributed by atoms with van der Waals surface area (Å²) in [5, 5.41) is 0. The van der Waals surface area contributed by atoms with Crippen LogP contribution in [0.2, 0.25) is 0 Å². The van der Waals surface area contributed by atoms with Gasteiger partial charge in [0.1, 0.15) is 0 Å². The van der Waals surface area contributed by atoms with Gasteiger partial charge in [-0.05, 0) is 18.9 Å². The summed E-state index contributed by atoms with van der Waals surface area (Å²) >= 11 is 0. The first-order valence-electron chi connectivity index (χ1n) is 6.62. The Labute approximate surface area is 134 Å². The summed E-state index contributed by atoms with van der Waals surface area (Å²) in [7, 11) is -1.85. The van der Waals surface area contributed by atoms with E-state index in [0.717, 1.165) is 0 Å². The SMILES string of the molecule is CCOCCS(=O)(=O)NCC(=O)N(C)CC(C)(C)CN.Cl. The van der Waals surface area contributed by atoms with Crippen molar-refractivity contribution in [1.29, 1.82) is 0 Å². The van der Waals surface area contributed by atoms with Crippen molar-refractivity contribution >= 4 is 28.3 Å². The molecule has 0 rings (SSSR count). The molecule has 0 saturated carbocycles. The average molecular weight is 346 g/mol. The number of carbonyl (C=O) groups excluding carboxylic acids is 1. The molecule has 0 saturated heterocycles. The third-order valence-corrected chi connectivity index (χ3v) is 4.08. The number of hydrogen-bond acceptors (Lipinski definition) is 5. The molecule has 0 aromatic heterocycles. The molecule has 0 aliphatic heterocycles. The van der Waals surface area contributed by atoms with Crippen molar-refractivity contribution in [1.82, 2.24) is 9.62 Å². The van der Waals surface area contributed by atoms with Crippen molar-refractivity contribution in [2.45, 2.75) is 20.8 Å². The molecule has 0 aliphatic carbocycles. The van der Waals surface area contributed by atoms with Gasteiger partial charge in [-0.15, -0.1) is 12.4 Å². The Kier molecular flexibility index (Phi) is 11.3. The van der Waals surface area contributed by atoms with Crippen LogP contribution in [0.3, 0.4) is 0 Å². The zero-order valence-electron chi connectivity index (χ0n) is 13.2. The summed E-state index contributed by atoms with van der Waals surface area (Å²) in [5.74, 6) is -0.432. The standard InChI is InChI=1S/C12H27N3O4S.ClH/c1-5-19-6-7-20(17,18)14-8-11(16)15(4)10-12(2,3)9-13;/h14H,5-10,13H2,1-4H3;1H. The van der Waals surface area contributed by atoms with Gasteiger partial charge in [-0.1, -0.05) is 13.8 Å². The van der Waals surface area contributed by atoms with E-state index < -0.39 is 10.0 Å². The molecule has 0 fully saturated rings. The third-order valence-electron chi connectivity index (χ3n) is 2.79. The van der Waals surface area contributed by atoms with E-state index in [-0.39, 0.29) is 42.6 Å². The molecule has 128 valence electrons. The Bertz CT molecular complexity index is 401. The van der Waals surface area contributed by atoms with Crippen molar-refractivity contribution in [2.24, 2.45) is 11.1 Å². The van der Waals surface area contributed by atoms with Crippen LogP contribution < -0.4 is 10.5 Å². The Morgan fingerprint density at radius 2 is 1.95 bits per heavy atom. The van der Waals surface area contributed by atoms with Crippen LogP contribution in [0.4, 0.5) is 0 Å².